The molecule has 0 atom stereocenters. The van der Waals surface area contributed by atoms with Gasteiger partial charge in [-0.05, 0) is 46.8 Å². The number of rotatable bonds is 3. The molecule has 2 aromatic carbocycles. The van der Waals surface area contributed by atoms with Crippen LogP contribution in [-0.2, 0) is 0 Å². The number of aromatic hydroxyl groups is 1. The zero-order valence-corrected chi connectivity index (χ0v) is 9.84. The van der Waals surface area contributed by atoms with E-state index in [9.17, 15) is 5.11 Å². The van der Waals surface area contributed by atoms with E-state index in [1.165, 1.54) is 16.8 Å². The van der Waals surface area contributed by atoms with Crippen LogP contribution in [-0.4, -0.2) is 25.3 Å². The van der Waals surface area contributed by atoms with Crippen LogP contribution < -0.4 is 4.74 Å². The molecule has 6 heteroatoms. The second kappa shape index (κ2) is 4.77. The van der Waals surface area contributed by atoms with Crippen LogP contribution in [0.3, 0.4) is 0 Å². The highest BCUT2D eigenvalue weighted by Gasteiger charge is 2.10. The van der Waals surface area contributed by atoms with Crippen LogP contribution in [0.5, 0.6) is 17.5 Å². The summed E-state index contributed by atoms with van der Waals surface area (Å²) >= 11 is 0. The molecule has 0 unspecified atom stereocenters. The fourth-order valence-corrected chi connectivity index (χ4v) is 1.59. The highest BCUT2D eigenvalue weighted by Crippen LogP contribution is 2.22. The molecule has 0 saturated carbocycles. The van der Waals surface area contributed by atoms with Gasteiger partial charge in [0.05, 0.1) is 5.69 Å². The number of phenols is 1. The lowest BCUT2D eigenvalue weighted by Gasteiger charge is -2.05. The smallest absolute Gasteiger partial charge is 0.345 e. The quantitative estimate of drug-likeness (QED) is 0.775. The van der Waals surface area contributed by atoms with Gasteiger partial charge in [-0.3, -0.25) is 0 Å². The fraction of sp³-hybridized carbons (Fsp3) is 0. The lowest BCUT2D eigenvalue weighted by molar-refractivity contribution is 0.424. The summed E-state index contributed by atoms with van der Waals surface area (Å²) in [5.41, 5.74) is 0.807. The van der Waals surface area contributed by atoms with Crippen LogP contribution in [0.4, 0.5) is 0 Å². The van der Waals surface area contributed by atoms with Gasteiger partial charge in [0.1, 0.15) is 11.5 Å². The van der Waals surface area contributed by atoms with E-state index < -0.39 is 0 Å². The van der Waals surface area contributed by atoms with Gasteiger partial charge >= 0.3 is 6.01 Å². The summed E-state index contributed by atoms with van der Waals surface area (Å²) in [6.07, 6.45) is 0. The molecule has 3 rings (SSSR count). The standard InChI is InChI=1S/C13H10N4O2/c18-11-6-8-12(9-7-11)19-13-14-15-16-17(13)10-4-2-1-3-5-10/h1-9,18H. The van der Waals surface area contributed by atoms with E-state index in [1.54, 1.807) is 12.1 Å². The topological polar surface area (TPSA) is 73.1 Å². The summed E-state index contributed by atoms with van der Waals surface area (Å²) in [5.74, 6) is 0.722. The maximum Gasteiger partial charge on any atom is 0.345 e. The molecule has 0 amide bonds. The molecule has 0 saturated heterocycles. The van der Waals surface area contributed by atoms with Crippen molar-refractivity contribution in [3.63, 3.8) is 0 Å². The molecule has 1 heterocycles. The third-order valence-electron chi connectivity index (χ3n) is 2.49. The second-order valence-electron chi connectivity index (χ2n) is 3.80. The van der Waals surface area contributed by atoms with Gasteiger partial charge in [0.25, 0.3) is 0 Å². The van der Waals surface area contributed by atoms with Crippen molar-refractivity contribution >= 4 is 0 Å². The Labute approximate surface area is 108 Å². The molecule has 3 aromatic rings. The number of ether oxygens (including phenoxy) is 1. The third-order valence-corrected chi connectivity index (χ3v) is 2.49. The molecule has 1 N–H and O–H groups in total. The average molecular weight is 254 g/mol. The molecule has 0 bridgehead atoms. The number of nitrogens with zero attached hydrogens (tertiary/aromatic N) is 4. The lowest BCUT2D eigenvalue weighted by Crippen LogP contribution is -1.99. The molecule has 0 fully saturated rings. The second-order valence-corrected chi connectivity index (χ2v) is 3.80. The Hall–Kier alpha value is -2.89. The lowest BCUT2D eigenvalue weighted by atomic mass is 10.3. The minimum Gasteiger partial charge on any atom is -0.508 e. The van der Waals surface area contributed by atoms with Crippen LogP contribution in [0.1, 0.15) is 0 Å². The maximum absolute atomic E-state index is 9.21. The van der Waals surface area contributed by atoms with Gasteiger partial charge in [-0.1, -0.05) is 23.3 Å². The average Bonchev–Trinajstić information content (AvgIpc) is 2.90. The predicted octanol–water partition coefficient (Wildman–Crippen LogP) is 2.16. The Morgan fingerprint density at radius 3 is 2.42 bits per heavy atom. The van der Waals surface area contributed by atoms with E-state index in [0.717, 1.165) is 5.69 Å². The molecule has 0 aliphatic rings. The van der Waals surface area contributed by atoms with Gasteiger partial charge in [-0.2, -0.15) is 4.68 Å². The Balaban J connectivity index is 1.91. The van der Waals surface area contributed by atoms with Gasteiger partial charge in [0.2, 0.25) is 0 Å². The molecular weight excluding hydrogens is 244 g/mol. The summed E-state index contributed by atoms with van der Waals surface area (Å²) in [4.78, 5) is 0. The van der Waals surface area contributed by atoms with E-state index in [-0.39, 0.29) is 11.8 Å². The molecule has 0 aliphatic carbocycles. The number of para-hydroxylation sites is 1. The summed E-state index contributed by atoms with van der Waals surface area (Å²) in [5, 5.41) is 20.5. The minimum atomic E-state index is 0.176. The third kappa shape index (κ3) is 2.37. The first kappa shape index (κ1) is 11.2. The summed E-state index contributed by atoms with van der Waals surface area (Å²) in [6, 6.07) is 16.0. The SMILES string of the molecule is Oc1ccc(Oc2nnnn2-c2ccccc2)cc1. The van der Waals surface area contributed by atoms with Crippen LogP contribution in [0.15, 0.2) is 54.6 Å². The number of aromatic nitrogens is 4. The Kier molecular flexibility index (Phi) is 2.82. The largest absolute Gasteiger partial charge is 0.508 e. The summed E-state index contributed by atoms with van der Waals surface area (Å²) in [7, 11) is 0. The summed E-state index contributed by atoms with van der Waals surface area (Å²) in [6.45, 7) is 0. The van der Waals surface area contributed by atoms with Gasteiger partial charge in [-0.15, -0.1) is 0 Å². The van der Waals surface area contributed by atoms with E-state index in [1.807, 2.05) is 30.3 Å². The molecule has 0 spiro atoms. The number of hydrogen-bond acceptors (Lipinski definition) is 5. The number of hydrogen-bond donors (Lipinski definition) is 1. The van der Waals surface area contributed by atoms with Crippen LogP contribution in [0.25, 0.3) is 5.69 Å². The van der Waals surface area contributed by atoms with Gasteiger partial charge in [0, 0.05) is 0 Å². The molecular formula is C13H10N4O2. The zero-order valence-electron chi connectivity index (χ0n) is 9.84. The van der Waals surface area contributed by atoms with Crippen molar-refractivity contribution < 1.29 is 9.84 Å². The highest BCUT2D eigenvalue weighted by molar-refractivity contribution is 5.35. The van der Waals surface area contributed by atoms with Crippen molar-refractivity contribution in [2.75, 3.05) is 0 Å². The Morgan fingerprint density at radius 2 is 1.68 bits per heavy atom. The number of phenolic OH excluding ortho intramolecular Hbond substituents is 1. The number of benzene rings is 2. The van der Waals surface area contributed by atoms with E-state index in [4.69, 9.17) is 4.74 Å². The van der Waals surface area contributed by atoms with Crippen molar-refractivity contribution in [2.24, 2.45) is 0 Å². The van der Waals surface area contributed by atoms with Gasteiger partial charge in [0.15, 0.2) is 0 Å². The first-order chi connectivity index (χ1) is 9.33. The fourth-order valence-electron chi connectivity index (χ4n) is 1.59. The van der Waals surface area contributed by atoms with Crippen LogP contribution >= 0.6 is 0 Å². The van der Waals surface area contributed by atoms with E-state index >= 15 is 0 Å². The van der Waals surface area contributed by atoms with Crippen LogP contribution in [0, 0.1) is 0 Å². The zero-order chi connectivity index (χ0) is 13.1. The Morgan fingerprint density at radius 1 is 0.947 bits per heavy atom. The highest BCUT2D eigenvalue weighted by atomic mass is 16.5. The summed E-state index contributed by atoms with van der Waals surface area (Å²) < 4.78 is 7.07. The van der Waals surface area contributed by atoms with E-state index in [2.05, 4.69) is 15.5 Å². The Bertz CT molecular complexity index is 665. The van der Waals surface area contributed by atoms with Crippen molar-refractivity contribution in [3.8, 4) is 23.2 Å². The van der Waals surface area contributed by atoms with Crippen molar-refractivity contribution in [2.45, 2.75) is 0 Å². The monoisotopic (exact) mass is 254 g/mol. The maximum atomic E-state index is 9.21. The van der Waals surface area contributed by atoms with Gasteiger partial charge < -0.3 is 9.84 Å². The molecule has 19 heavy (non-hydrogen) atoms. The van der Waals surface area contributed by atoms with Crippen molar-refractivity contribution in [1.29, 1.82) is 0 Å². The molecule has 6 nitrogen and oxygen atoms in total. The van der Waals surface area contributed by atoms with Crippen LogP contribution in [0.2, 0.25) is 0 Å². The number of tetrazole rings is 1. The minimum absolute atomic E-state index is 0.176. The molecule has 0 aliphatic heterocycles. The van der Waals surface area contributed by atoms with Crippen molar-refractivity contribution in [1.82, 2.24) is 20.2 Å². The first-order valence-electron chi connectivity index (χ1n) is 5.63. The molecule has 94 valence electrons. The normalized spacial score (nSPS) is 10.3. The van der Waals surface area contributed by atoms with Crippen molar-refractivity contribution in [3.05, 3.63) is 54.6 Å². The van der Waals surface area contributed by atoms with E-state index in [0.29, 0.717) is 5.75 Å². The predicted molar refractivity (Wildman–Crippen MR) is 67.3 cm³/mol. The first-order valence-corrected chi connectivity index (χ1v) is 5.63. The van der Waals surface area contributed by atoms with Gasteiger partial charge in [-0.25, -0.2) is 0 Å². The molecule has 1 aromatic heterocycles. The molecule has 0 radical (unpaired) electrons.